The largest absolute Gasteiger partial charge is 0.476 e. The fourth-order valence-corrected chi connectivity index (χ4v) is 2.40. The number of hydrogen-bond acceptors (Lipinski definition) is 5. The summed E-state index contributed by atoms with van der Waals surface area (Å²) in [5.41, 5.74) is 0.229. The van der Waals surface area contributed by atoms with Crippen LogP contribution in [0, 0.1) is 0 Å². The van der Waals surface area contributed by atoms with Crippen molar-refractivity contribution < 1.29 is 9.90 Å². The summed E-state index contributed by atoms with van der Waals surface area (Å²) >= 11 is 1.43. The lowest BCUT2D eigenvalue weighted by Crippen LogP contribution is -2.29. The average Bonchev–Trinajstić information content (AvgIpc) is 2.83. The van der Waals surface area contributed by atoms with Gasteiger partial charge in [0.1, 0.15) is 0 Å². The van der Waals surface area contributed by atoms with Crippen LogP contribution in [0.5, 0.6) is 0 Å². The molecule has 0 spiro atoms. The first-order chi connectivity index (χ1) is 8.50. The number of likely N-dealkylation sites (N-methyl/N-ethyl adjacent to an activating group) is 2. The molecule has 0 amide bonds. The van der Waals surface area contributed by atoms with Crippen LogP contribution in [0.15, 0.2) is 11.6 Å². The molecule has 0 radical (unpaired) electrons. The van der Waals surface area contributed by atoms with Gasteiger partial charge in [-0.05, 0) is 14.1 Å². The third-order valence-corrected chi connectivity index (χ3v) is 3.45. The molecular formula is C11H16N4O2S. The second-order valence-electron chi connectivity index (χ2n) is 4.37. The lowest BCUT2D eigenvalue weighted by Gasteiger charge is -2.19. The lowest BCUT2D eigenvalue weighted by molar-refractivity contribution is 0.0690. The van der Waals surface area contributed by atoms with E-state index >= 15 is 0 Å². The van der Waals surface area contributed by atoms with Gasteiger partial charge in [0, 0.05) is 31.7 Å². The summed E-state index contributed by atoms with van der Waals surface area (Å²) in [5, 5.41) is 11.1. The number of carboxylic acid groups (broad SMARTS) is 1. The van der Waals surface area contributed by atoms with E-state index in [0.29, 0.717) is 10.8 Å². The van der Waals surface area contributed by atoms with Crippen LogP contribution in [0.3, 0.4) is 0 Å². The third kappa shape index (κ3) is 2.32. The highest BCUT2D eigenvalue weighted by molar-refractivity contribution is 7.15. The van der Waals surface area contributed by atoms with Crippen LogP contribution in [0.25, 0.3) is 4.96 Å². The zero-order valence-electron chi connectivity index (χ0n) is 10.6. The van der Waals surface area contributed by atoms with Gasteiger partial charge < -0.3 is 14.9 Å². The van der Waals surface area contributed by atoms with E-state index in [1.807, 2.05) is 31.4 Å². The van der Waals surface area contributed by atoms with Crippen molar-refractivity contribution in [3.8, 4) is 0 Å². The lowest BCUT2D eigenvalue weighted by atomic mass is 10.4. The Bertz CT molecular complexity index is 560. The number of rotatable bonds is 5. The van der Waals surface area contributed by atoms with Crippen molar-refractivity contribution in [3.05, 3.63) is 17.3 Å². The van der Waals surface area contributed by atoms with Gasteiger partial charge >= 0.3 is 5.97 Å². The molecule has 0 bridgehead atoms. The maximum atomic E-state index is 11.3. The molecule has 1 N–H and O–H groups in total. The van der Waals surface area contributed by atoms with E-state index in [0.717, 1.165) is 13.1 Å². The van der Waals surface area contributed by atoms with E-state index in [-0.39, 0.29) is 5.69 Å². The molecule has 7 heteroatoms. The Morgan fingerprint density at radius 2 is 2.17 bits per heavy atom. The van der Waals surface area contributed by atoms with Crippen LogP contribution in [0.1, 0.15) is 10.5 Å². The van der Waals surface area contributed by atoms with Crippen LogP contribution in [-0.2, 0) is 0 Å². The summed E-state index contributed by atoms with van der Waals surface area (Å²) in [6, 6.07) is 0. The maximum absolute atomic E-state index is 11.3. The van der Waals surface area contributed by atoms with Crippen molar-refractivity contribution in [2.75, 3.05) is 39.1 Å². The monoisotopic (exact) mass is 268 g/mol. The zero-order chi connectivity index (χ0) is 13.3. The molecular weight excluding hydrogens is 252 g/mol. The zero-order valence-corrected chi connectivity index (χ0v) is 11.4. The Balaban J connectivity index is 2.34. The van der Waals surface area contributed by atoms with Crippen LogP contribution >= 0.6 is 11.3 Å². The van der Waals surface area contributed by atoms with Crippen molar-refractivity contribution in [3.63, 3.8) is 0 Å². The Kier molecular flexibility index (Phi) is 3.53. The van der Waals surface area contributed by atoms with Gasteiger partial charge in [-0.25, -0.2) is 9.78 Å². The summed E-state index contributed by atoms with van der Waals surface area (Å²) in [7, 11) is 5.83. The van der Waals surface area contributed by atoms with E-state index in [4.69, 9.17) is 0 Å². The molecule has 2 rings (SSSR count). The minimum Gasteiger partial charge on any atom is -0.476 e. The van der Waals surface area contributed by atoms with E-state index in [2.05, 4.69) is 9.88 Å². The second-order valence-corrected chi connectivity index (χ2v) is 5.24. The molecule has 0 saturated carbocycles. The van der Waals surface area contributed by atoms with Crippen molar-refractivity contribution in [1.82, 2.24) is 14.3 Å². The van der Waals surface area contributed by atoms with Crippen molar-refractivity contribution in [2.45, 2.75) is 0 Å². The molecule has 0 aliphatic heterocycles. The van der Waals surface area contributed by atoms with E-state index in [1.165, 1.54) is 11.3 Å². The van der Waals surface area contributed by atoms with Gasteiger partial charge in [0.2, 0.25) is 0 Å². The number of carbonyl (C=O) groups is 1. The maximum Gasteiger partial charge on any atom is 0.356 e. The first kappa shape index (κ1) is 12.8. The number of imidazole rings is 1. The van der Waals surface area contributed by atoms with E-state index in [9.17, 15) is 9.90 Å². The van der Waals surface area contributed by atoms with Gasteiger partial charge in [-0.3, -0.25) is 4.40 Å². The van der Waals surface area contributed by atoms with E-state index < -0.39 is 5.97 Å². The number of nitrogens with zero attached hydrogens (tertiary/aromatic N) is 4. The number of thiazole rings is 1. The van der Waals surface area contributed by atoms with Crippen molar-refractivity contribution in [1.29, 1.82) is 0 Å². The number of fused-ring (bicyclic) bond motifs is 1. The first-order valence-corrected chi connectivity index (χ1v) is 6.43. The third-order valence-electron chi connectivity index (χ3n) is 2.69. The smallest absolute Gasteiger partial charge is 0.356 e. The van der Waals surface area contributed by atoms with Gasteiger partial charge in [-0.1, -0.05) is 0 Å². The van der Waals surface area contributed by atoms with Gasteiger partial charge in [-0.15, -0.1) is 11.3 Å². The average molecular weight is 268 g/mol. The van der Waals surface area contributed by atoms with Crippen LogP contribution < -0.4 is 4.90 Å². The summed E-state index contributed by atoms with van der Waals surface area (Å²) in [6.45, 7) is 1.58. The Labute approximate surface area is 109 Å². The Hall–Kier alpha value is -1.60. The molecule has 0 fully saturated rings. The Morgan fingerprint density at radius 3 is 2.78 bits per heavy atom. The van der Waals surface area contributed by atoms with Gasteiger partial charge in [-0.2, -0.15) is 0 Å². The molecule has 0 unspecified atom stereocenters. The van der Waals surface area contributed by atoms with Crippen molar-refractivity contribution in [2.24, 2.45) is 0 Å². The number of aromatic carboxylic acids is 1. The highest BCUT2D eigenvalue weighted by Gasteiger charge is 2.21. The molecule has 0 aliphatic rings. The Morgan fingerprint density at radius 1 is 1.44 bits per heavy atom. The number of anilines is 1. The van der Waals surface area contributed by atoms with Crippen LogP contribution in [-0.4, -0.2) is 59.6 Å². The minimum absolute atomic E-state index is 0.229. The predicted octanol–water partition coefficient (Wildman–Crippen LogP) is 1.09. The molecule has 0 aromatic carbocycles. The molecule has 0 aliphatic carbocycles. The number of hydrogen-bond donors (Lipinski definition) is 1. The fourth-order valence-electron chi connectivity index (χ4n) is 1.70. The molecule has 6 nitrogen and oxygen atoms in total. The summed E-state index contributed by atoms with van der Waals surface area (Å²) in [4.78, 5) is 20.4. The summed E-state index contributed by atoms with van der Waals surface area (Å²) < 4.78 is 1.62. The molecule has 2 heterocycles. The highest BCUT2D eigenvalue weighted by atomic mass is 32.1. The van der Waals surface area contributed by atoms with Gasteiger partial charge in [0.15, 0.2) is 16.5 Å². The number of aromatic nitrogens is 2. The predicted molar refractivity (Wildman–Crippen MR) is 71.9 cm³/mol. The van der Waals surface area contributed by atoms with Crippen LogP contribution in [0.4, 0.5) is 5.82 Å². The minimum atomic E-state index is -0.951. The highest BCUT2D eigenvalue weighted by Crippen LogP contribution is 2.23. The molecule has 0 atom stereocenters. The molecule has 98 valence electrons. The standard InChI is InChI=1S/C11H16N4O2S/c1-13(2)4-5-14(3)9-8(10(16)17)15-6-7-18-11(15)12-9/h6-7H,4-5H2,1-3H3,(H,16,17). The fraction of sp³-hybridized carbons (Fsp3) is 0.455. The quantitative estimate of drug-likeness (QED) is 0.879. The number of carboxylic acids is 1. The topological polar surface area (TPSA) is 61.1 Å². The molecule has 0 saturated heterocycles. The molecule has 2 aromatic heterocycles. The molecule has 2 aromatic rings. The summed E-state index contributed by atoms with van der Waals surface area (Å²) in [5.74, 6) is -0.427. The normalized spacial score (nSPS) is 11.3. The SMILES string of the molecule is CN(C)CCN(C)c1nc2sccn2c1C(=O)O. The van der Waals surface area contributed by atoms with Crippen molar-refractivity contribution >= 4 is 28.1 Å². The van der Waals surface area contributed by atoms with E-state index in [1.54, 1.807) is 10.6 Å². The second kappa shape index (κ2) is 4.95. The van der Waals surface area contributed by atoms with Crippen LogP contribution in [0.2, 0.25) is 0 Å². The van der Waals surface area contributed by atoms with Gasteiger partial charge in [0.25, 0.3) is 0 Å². The molecule has 18 heavy (non-hydrogen) atoms. The van der Waals surface area contributed by atoms with Gasteiger partial charge in [0.05, 0.1) is 0 Å². The summed E-state index contributed by atoms with van der Waals surface area (Å²) in [6.07, 6.45) is 1.74. The first-order valence-electron chi connectivity index (χ1n) is 5.55.